The molecule has 0 heterocycles. The quantitative estimate of drug-likeness (QED) is 0.464. The van der Waals surface area contributed by atoms with Gasteiger partial charge in [-0.25, -0.2) is 12.2 Å². The summed E-state index contributed by atoms with van der Waals surface area (Å²) in [6.07, 6.45) is 10.0. The molecule has 0 amide bonds. The van der Waals surface area contributed by atoms with Crippen molar-refractivity contribution in [1.82, 2.24) is 0 Å². The first-order valence-electron chi connectivity index (χ1n) is 3.51. The van der Waals surface area contributed by atoms with E-state index in [1.165, 1.54) is 0 Å². The molecule has 1 aliphatic rings. The van der Waals surface area contributed by atoms with E-state index in [1.54, 1.807) is 28.2 Å². The van der Waals surface area contributed by atoms with Gasteiger partial charge in [-0.3, -0.25) is 6.08 Å². The van der Waals surface area contributed by atoms with Crippen LogP contribution in [0.3, 0.4) is 0 Å². The van der Waals surface area contributed by atoms with Crippen molar-refractivity contribution in [2.24, 2.45) is 0 Å². The maximum atomic E-state index is 3.50. The fraction of sp³-hybridized carbons (Fsp3) is 0.556. The maximum absolute atomic E-state index is 3.50. The molecule has 0 radical (unpaired) electrons. The van der Waals surface area contributed by atoms with Crippen LogP contribution < -0.4 is 0 Å². The van der Waals surface area contributed by atoms with E-state index in [0.29, 0.717) is 0 Å². The van der Waals surface area contributed by atoms with E-state index in [1.807, 2.05) is 12.2 Å². The average molecular weight is 246 g/mol. The van der Waals surface area contributed by atoms with Gasteiger partial charge in [0, 0.05) is 0 Å². The number of allylic oxidation sites excluding steroid dienone is 4. The van der Waals surface area contributed by atoms with E-state index in [0.717, 1.165) is 6.42 Å². The number of rotatable bonds is 0. The zero-order valence-corrected chi connectivity index (χ0v) is 10.5. The van der Waals surface area contributed by atoms with Gasteiger partial charge < -0.3 is 10.6 Å². The summed E-state index contributed by atoms with van der Waals surface area (Å²) in [6, 6.07) is 0. The molecule has 1 aliphatic carbocycles. The van der Waals surface area contributed by atoms with E-state index in [-0.39, 0.29) is 22.4 Å². The van der Waals surface area contributed by atoms with Gasteiger partial charge in [0.1, 0.15) is 0 Å². The molecule has 3 heteroatoms. The summed E-state index contributed by atoms with van der Waals surface area (Å²) in [5.74, 6) is 0. The monoisotopic (exact) mass is 246 g/mol. The smallest absolute Gasteiger partial charge is 0.668 e. The van der Waals surface area contributed by atoms with Crippen LogP contribution in [-0.2, 0) is 22.4 Å². The fourth-order valence-electron chi connectivity index (χ4n) is 0.340. The first-order chi connectivity index (χ1) is 5.33. The summed E-state index contributed by atoms with van der Waals surface area (Å²) in [5, 5.41) is 7.00. The molecule has 0 aromatic carbocycles. The van der Waals surface area contributed by atoms with Crippen molar-refractivity contribution in [3.63, 3.8) is 0 Å². The van der Waals surface area contributed by atoms with E-state index in [9.17, 15) is 0 Å². The third-order valence-corrected chi connectivity index (χ3v) is 0.586. The van der Waals surface area contributed by atoms with Crippen molar-refractivity contribution in [3.8, 4) is 0 Å². The molecular formula is C9H17N2Nb. The largest absolute Gasteiger partial charge is 3.00 e. The first-order valence-corrected chi connectivity index (χ1v) is 3.51. The van der Waals surface area contributed by atoms with Gasteiger partial charge in [-0.05, 0) is 0 Å². The van der Waals surface area contributed by atoms with Gasteiger partial charge in [0.05, 0.1) is 0 Å². The summed E-state index contributed by atoms with van der Waals surface area (Å²) < 4.78 is 0. The Morgan fingerprint density at radius 2 is 1.50 bits per heavy atom. The van der Waals surface area contributed by atoms with Crippen molar-refractivity contribution in [2.45, 2.75) is 6.42 Å². The first kappa shape index (κ1) is 18.0. The Balaban J connectivity index is -0.000000104. The average Bonchev–Trinajstić information content (AvgIpc) is 2.44. The molecule has 68 valence electrons. The Bertz CT molecular complexity index is 88.7. The molecule has 0 fully saturated rings. The maximum Gasteiger partial charge on any atom is 3.00 e. The van der Waals surface area contributed by atoms with E-state index in [2.05, 4.69) is 22.8 Å². The Hall–Kier alpha value is 0.140. The molecule has 0 N–H and O–H groups in total. The second kappa shape index (κ2) is 22.5. The second-order valence-electron chi connectivity index (χ2n) is 1.90. The summed E-state index contributed by atoms with van der Waals surface area (Å²) >= 11 is 0. The SMILES string of the molecule is C[N-]C.C[N-]C.[C-]1=CC=CC1.[Nb+3]. The van der Waals surface area contributed by atoms with Gasteiger partial charge in [0.2, 0.25) is 0 Å². The Morgan fingerprint density at radius 3 is 1.58 bits per heavy atom. The van der Waals surface area contributed by atoms with Gasteiger partial charge >= 0.3 is 22.4 Å². The zero-order chi connectivity index (χ0) is 8.95. The van der Waals surface area contributed by atoms with Gasteiger partial charge in [-0.2, -0.15) is 34.3 Å². The van der Waals surface area contributed by atoms with Crippen molar-refractivity contribution < 1.29 is 22.4 Å². The minimum atomic E-state index is 0. The summed E-state index contributed by atoms with van der Waals surface area (Å²) in [5.41, 5.74) is 0. The van der Waals surface area contributed by atoms with Crippen LogP contribution in [-0.4, -0.2) is 28.2 Å². The van der Waals surface area contributed by atoms with Gasteiger partial charge in [-0.15, -0.1) is 6.42 Å². The molecule has 0 unspecified atom stereocenters. The normalized spacial score (nSPS) is 10.3. The van der Waals surface area contributed by atoms with Gasteiger partial charge in [-0.1, -0.05) is 0 Å². The van der Waals surface area contributed by atoms with Crippen LogP contribution in [0, 0.1) is 6.08 Å². The minimum absolute atomic E-state index is 0. The van der Waals surface area contributed by atoms with Crippen molar-refractivity contribution in [3.05, 3.63) is 34.9 Å². The van der Waals surface area contributed by atoms with Crippen molar-refractivity contribution in [1.29, 1.82) is 0 Å². The van der Waals surface area contributed by atoms with Crippen LogP contribution in [0.15, 0.2) is 18.2 Å². The Labute approximate surface area is 92.0 Å². The van der Waals surface area contributed by atoms with E-state index < -0.39 is 0 Å². The molecule has 2 nitrogen and oxygen atoms in total. The molecule has 0 aromatic heterocycles. The third-order valence-electron chi connectivity index (χ3n) is 0.586. The van der Waals surface area contributed by atoms with Crippen LogP contribution in [0.4, 0.5) is 0 Å². The van der Waals surface area contributed by atoms with Crippen LogP contribution in [0.25, 0.3) is 10.6 Å². The zero-order valence-electron chi connectivity index (χ0n) is 8.28. The van der Waals surface area contributed by atoms with Crippen molar-refractivity contribution in [2.75, 3.05) is 28.2 Å². The molecule has 0 bridgehead atoms. The van der Waals surface area contributed by atoms with E-state index in [4.69, 9.17) is 0 Å². The predicted octanol–water partition coefficient (Wildman–Crippen LogP) is 2.54. The van der Waals surface area contributed by atoms with Crippen LogP contribution >= 0.6 is 0 Å². The fourth-order valence-corrected chi connectivity index (χ4v) is 0.340. The van der Waals surface area contributed by atoms with Crippen LogP contribution in [0.2, 0.25) is 0 Å². The summed E-state index contributed by atoms with van der Waals surface area (Å²) in [7, 11) is 7.00. The summed E-state index contributed by atoms with van der Waals surface area (Å²) in [4.78, 5) is 0. The molecule has 0 aliphatic heterocycles. The summed E-state index contributed by atoms with van der Waals surface area (Å²) in [6.45, 7) is 0. The molecular weight excluding hydrogens is 229 g/mol. The molecule has 1 rings (SSSR count). The van der Waals surface area contributed by atoms with Crippen LogP contribution in [0.5, 0.6) is 0 Å². The van der Waals surface area contributed by atoms with Gasteiger partial charge in [0.25, 0.3) is 0 Å². The number of hydrogen-bond acceptors (Lipinski definition) is 0. The number of hydrogen-bond donors (Lipinski definition) is 0. The van der Waals surface area contributed by atoms with E-state index >= 15 is 0 Å². The van der Waals surface area contributed by atoms with Gasteiger partial charge in [0.15, 0.2) is 0 Å². The molecule has 0 spiro atoms. The van der Waals surface area contributed by atoms with Crippen molar-refractivity contribution >= 4 is 0 Å². The topological polar surface area (TPSA) is 28.2 Å². The second-order valence-corrected chi connectivity index (χ2v) is 1.90. The molecule has 0 saturated carbocycles. The molecule has 0 saturated heterocycles. The third kappa shape index (κ3) is 32.1. The molecule has 0 atom stereocenters. The molecule has 12 heavy (non-hydrogen) atoms. The van der Waals surface area contributed by atoms with Crippen LogP contribution in [0.1, 0.15) is 6.42 Å². The Morgan fingerprint density at radius 1 is 1.08 bits per heavy atom. The number of nitrogens with zero attached hydrogens (tertiary/aromatic N) is 2. The predicted molar refractivity (Wildman–Crippen MR) is 52.0 cm³/mol. The standard InChI is InChI=1S/C5H5.2C2H6N.Nb/c1-2-4-5-3-1;2*1-3-2;/h1-3H,4H2;2*1-2H3;/q3*-1;+3. The Kier molecular flexibility index (Phi) is 33.8. The minimum Gasteiger partial charge on any atom is -0.668 e. The molecule has 0 aromatic rings.